The lowest BCUT2D eigenvalue weighted by molar-refractivity contribution is 0.0996. The number of nitrogens with one attached hydrogen (secondary N) is 1. The van der Waals surface area contributed by atoms with E-state index in [0.29, 0.717) is 28.5 Å². The fourth-order valence-electron chi connectivity index (χ4n) is 3.30. The van der Waals surface area contributed by atoms with Crippen LogP contribution in [0.1, 0.15) is 37.4 Å². The van der Waals surface area contributed by atoms with Crippen molar-refractivity contribution in [3.63, 3.8) is 0 Å². The summed E-state index contributed by atoms with van der Waals surface area (Å²) in [5.41, 5.74) is 3.41. The molecule has 1 heterocycles. The van der Waals surface area contributed by atoms with Gasteiger partial charge < -0.3 is 5.32 Å². The molecule has 31 heavy (non-hydrogen) atoms. The van der Waals surface area contributed by atoms with E-state index in [0.717, 1.165) is 5.56 Å². The Hall–Kier alpha value is -3.70. The van der Waals surface area contributed by atoms with E-state index in [1.54, 1.807) is 59.3 Å². The number of carbonyl (C=O) groups is 2. The molecule has 4 rings (SSSR count). The molecule has 0 aliphatic carbocycles. The fraction of sp³-hybridized carbons (Fsp3) is 0.0800. The van der Waals surface area contributed by atoms with Crippen molar-refractivity contribution in [1.29, 1.82) is 0 Å². The molecule has 1 amide bonds. The number of rotatable bonds is 6. The van der Waals surface area contributed by atoms with E-state index in [1.165, 1.54) is 5.56 Å². The van der Waals surface area contributed by atoms with Gasteiger partial charge in [-0.1, -0.05) is 54.1 Å². The Morgan fingerprint density at radius 1 is 0.903 bits per heavy atom. The van der Waals surface area contributed by atoms with E-state index in [1.807, 2.05) is 24.4 Å². The molecular formula is C25H20ClN3O2. The zero-order valence-corrected chi connectivity index (χ0v) is 17.6. The van der Waals surface area contributed by atoms with Gasteiger partial charge in [-0.15, -0.1) is 0 Å². The molecule has 0 unspecified atom stereocenters. The monoisotopic (exact) mass is 429 g/mol. The van der Waals surface area contributed by atoms with Crippen molar-refractivity contribution in [2.45, 2.75) is 13.5 Å². The topological polar surface area (TPSA) is 64.0 Å². The summed E-state index contributed by atoms with van der Waals surface area (Å²) in [6.45, 7) is 2.66. The standard InChI is InChI=1S/C25H20ClN3O2/c1-17-6-2-3-7-19(17)16-29-15-14-23(28-29)27-25(31)22-9-5-4-8-21(22)24(30)18-10-12-20(26)13-11-18/h2-15H,16H2,1H3,(H,27,28,31). The highest BCUT2D eigenvalue weighted by Crippen LogP contribution is 2.18. The minimum Gasteiger partial charge on any atom is -0.305 e. The summed E-state index contributed by atoms with van der Waals surface area (Å²) in [6, 6.07) is 23.1. The predicted octanol–water partition coefficient (Wildman–Crippen LogP) is 5.38. The van der Waals surface area contributed by atoms with Crippen molar-refractivity contribution in [3.05, 3.63) is 118 Å². The smallest absolute Gasteiger partial charge is 0.257 e. The number of ketones is 1. The van der Waals surface area contributed by atoms with Crippen LogP contribution in [-0.4, -0.2) is 21.5 Å². The van der Waals surface area contributed by atoms with Crippen LogP contribution in [0.5, 0.6) is 0 Å². The maximum Gasteiger partial charge on any atom is 0.257 e. The highest BCUT2D eigenvalue weighted by atomic mass is 35.5. The zero-order chi connectivity index (χ0) is 21.8. The van der Waals surface area contributed by atoms with Crippen molar-refractivity contribution in [2.75, 3.05) is 5.32 Å². The maximum atomic E-state index is 12.9. The molecule has 3 aromatic carbocycles. The summed E-state index contributed by atoms with van der Waals surface area (Å²) < 4.78 is 1.77. The molecule has 6 heteroatoms. The number of aryl methyl sites for hydroxylation is 1. The molecule has 154 valence electrons. The largest absolute Gasteiger partial charge is 0.305 e. The number of hydrogen-bond acceptors (Lipinski definition) is 3. The summed E-state index contributed by atoms with van der Waals surface area (Å²) in [5.74, 6) is -0.209. The van der Waals surface area contributed by atoms with Crippen LogP contribution in [0.15, 0.2) is 85.1 Å². The third kappa shape index (κ3) is 4.73. The Balaban J connectivity index is 1.52. The van der Waals surface area contributed by atoms with Gasteiger partial charge in [0, 0.05) is 28.4 Å². The SMILES string of the molecule is Cc1ccccc1Cn1ccc(NC(=O)c2ccccc2C(=O)c2ccc(Cl)cc2)n1. The van der Waals surface area contributed by atoms with E-state index >= 15 is 0 Å². The average molecular weight is 430 g/mol. The second-order valence-corrected chi connectivity index (χ2v) is 7.60. The number of aromatic nitrogens is 2. The number of halogens is 1. The summed E-state index contributed by atoms with van der Waals surface area (Å²) in [5, 5.41) is 7.78. The van der Waals surface area contributed by atoms with Crippen molar-refractivity contribution in [3.8, 4) is 0 Å². The predicted molar refractivity (Wildman–Crippen MR) is 122 cm³/mol. The minimum atomic E-state index is -0.390. The van der Waals surface area contributed by atoms with Gasteiger partial charge >= 0.3 is 0 Å². The van der Waals surface area contributed by atoms with Gasteiger partial charge in [0.15, 0.2) is 11.6 Å². The highest BCUT2D eigenvalue weighted by Gasteiger charge is 2.18. The lowest BCUT2D eigenvalue weighted by Crippen LogP contribution is -2.17. The Kier molecular flexibility index (Phi) is 5.96. The van der Waals surface area contributed by atoms with Gasteiger partial charge in [-0.25, -0.2) is 0 Å². The Morgan fingerprint density at radius 3 is 2.32 bits per heavy atom. The third-order valence-electron chi connectivity index (χ3n) is 5.00. The van der Waals surface area contributed by atoms with E-state index in [4.69, 9.17) is 11.6 Å². The number of anilines is 1. The van der Waals surface area contributed by atoms with Crippen LogP contribution in [0.3, 0.4) is 0 Å². The van der Waals surface area contributed by atoms with Crippen LogP contribution in [-0.2, 0) is 6.54 Å². The molecule has 0 atom stereocenters. The van der Waals surface area contributed by atoms with E-state index in [-0.39, 0.29) is 17.3 Å². The van der Waals surface area contributed by atoms with Gasteiger partial charge in [0.1, 0.15) is 0 Å². The van der Waals surface area contributed by atoms with Crippen LogP contribution in [0.25, 0.3) is 0 Å². The van der Waals surface area contributed by atoms with Gasteiger partial charge in [-0.05, 0) is 48.4 Å². The fourth-order valence-corrected chi connectivity index (χ4v) is 3.42. The lowest BCUT2D eigenvalue weighted by Gasteiger charge is -2.09. The first-order valence-electron chi connectivity index (χ1n) is 9.80. The molecule has 0 aliphatic heterocycles. The quantitative estimate of drug-likeness (QED) is 0.419. The van der Waals surface area contributed by atoms with Crippen molar-refractivity contribution in [2.24, 2.45) is 0 Å². The molecule has 5 nitrogen and oxygen atoms in total. The summed E-state index contributed by atoms with van der Waals surface area (Å²) >= 11 is 5.91. The van der Waals surface area contributed by atoms with Gasteiger partial charge in [-0.2, -0.15) is 5.10 Å². The van der Waals surface area contributed by atoms with Gasteiger partial charge in [0.2, 0.25) is 0 Å². The second-order valence-electron chi connectivity index (χ2n) is 7.16. The zero-order valence-electron chi connectivity index (χ0n) is 16.9. The molecule has 1 N–H and O–H groups in total. The molecule has 0 fully saturated rings. The Morgan fingerprint density at radius 2 is 1.58 bits per heavy atom. The summed E-state index contributed by atoms with van der Waals surface area (Å²) in [4.78, 5) is 25.8. The van der Waals surface area contributed by atoms with Crippen LogP contribution >= 0.6 is 11.6 Å². The molecule has 0 bridgehead atoms. The Bertz CT molecular complexity index is 1250. The summed E-state index contributed by atoms with van der Waals surface area (Å²) in [7, 11) is 0. The van der Waals surface area contributed by atoms with Crippen molar-refractivity contribution in [1.82, 2.24) is 9.78 Å². The third-order valence-corrected chi connectivity index (χ3v) is 5.25. The number of carbonyl (C=O) groups excluding carboxylic acids is 2. The highest BCUT2D eigenvalue weighted by molar-refractivity contribution is 6.30. The molecule has 0 saturated carbocycles. The molecule has 1 aromatic heterocycles. The van der Waals surface area contributed by atoms with E-state index in [9.17, 15) is 9.59 Å². The molecule has 0 saturated heterocycles. The van der Waals surface area contributed by atoms with Crippen LogP contribution < -0.4 is 5.32 Å². The van der Waals surface area contributed by atoms with Crippen LogP contribution in [0, 0.1) is 6.92 Å². The summed E-state index contributed by atoms with van der Waals surface area (Å²) in [6.07, 6.45) is 1.81. The van der Waals surface area contributed by atoms with Crippen LogP contribution in [0.4, 0.5) is 5.82 Å². The maximum absolute atomic E-state index is 12.9. The number of hydrogen-bond donors (Lipinski definition) is 1. The first-order chi connectivity index (χ1) is 15.0. The van der Waals surface area contributed by atoms with Gasteiger partial charge in [0.25, 0.3) is 5.91 Å². The first-order valence-corrected chi connectivity index (χ1v) is 10.2. The van der Waals surface area contributed by atoms with Crippen molar-refractivity contribution < 1.29 is 9.59 Å². The normalized spacial score (nSPS) is 10.6. The Labute approximate surface area is 185 Å². The lowest BCUT2D eigenvalue weighted by atomic mass is 9.98. The number of nitrogens with zero attached hydrogens (tertiary/aromatic N) is 2. The molecule has 0 radical (unpaired) electrons. The van der Waals surface area contributed by atoms with Gasteiger partial charge in [-0.3, -0.25) is 14.3 Å². The average Bonchev–Trinajstić information content (AvgIpc) is 3.22. The molecular weight excluding hydrogens is 410 g/mol. The molecule has 4 aromatic rings. The first kappa shape index (κ1) is 20.6. The van der Waals surface area contributed by atoms with Crippen LogP contribution in [0.2, 0.25) is 5.02 Å². The number of benzene rings is 3. The minimum absolute atomic E-state index is 0.243. The van der Waals surface area contributed by atoms with Gasteiger partial charge in [0.05, 0.1) is 12.1 Å². The number of amides is 1. The van der Waals surface area contributed by atoms with Crippen molar-refractivity contribution >= 4 is 29.1 Å². The molecule has 0 aliphatic rings. The van der Waals surface area contributed by atoms with E-state index < -0.39 is 0 Å². The second kappa shape index (κ2) is 8.98. The molecule has 0 spiro atoms. The van der Waals surface area contributed by atoms with E-state index in [2.05, 4.69) is 23.4 Å².